The van der Waals surface area contributed by atoms with Crippen LogP contribution in [0.1, 0.15) is 25.3 Å². The minimum absolute atomic E-state index is 0.759. The van der Waals surface area contributed by atoms with Crippen LogP contribution in [0.3, 0.4) is 0 Å². The van der Waals surface area contributed by atoms with Crippen LogP contribution < -0.4 is 0 Å². The topological polar surface area (TPSA) is 17.8 Å². The maximum absolute atomic E-state index is 4.17. The predicted octanol–water partition coefficient (Wildman–Crippen LogP) is 2.21. The fourth-order valence-corrected chi connectivity index (χ4v) is 1.95. The van der Waals surface area contributed by atoms with Gasteiger partial charge in [0.15, 0.2) is 3.83 Å². The van der Waals surface area contributed by atoms with Crippen LogP contribution in [-0.4, -0.2) is 9.55 Å². The second-order valence-corrected chi connectivity index (χ2v) is 3.65. The minimum atomic E-state index is 0.759. The van der Waals surface area contributed by atoms with Crippen LogP contribution in [-0.2, 0) is 0 Å². The smallest absolute Gasteiger partial charge is 0.171 e. The van der Waals surface area contributed by atoms with Crippen LogP contribution in [0.4, 0.5) is 0 Å². The molecule has 54 valence electrons. The van der Waals surface area contributed by atoms with Gasteiger partial charge >= 0.3 is 0 Å². The van der Waals surface area contributed by atoms with Gasteiger partial charge < -0.3 is 4.57 Å². The number of aromatic nitrogens is 2. The molecule has 1 heterocycles. The standard InChI is InChI=1S/C7H9IN2/c8-7-9-4-5-10(7)6-2-1-3-6/h4-6H,1-3H2. The van der Waals surface area contributed by atoms with E-state index in [0.717, 1.165) is 9.87 Å². The molecule has 0 N–H and O–H groups in total. The van der Waals surface area contributed by atoms with Crippen LogP contribution in [0.25, 0.3) is 0 Å². The molecule has 1 aromatic heterocycles. The number of rotatable bonds is 1. The van der Waals surface area contributed by atoms with E-state index < -0.39 is 0 Å². The molecule has 2 nitrogen and oxygen atoms in total. The summed E-state index contributed by atoms with van der Waals surface area (Å²) < 4.78 is 3.40. The molecule has 0 atom stereocenters. The van der Waals surface area contributed by atoms with E-state index in [4.69, 9.17) is 0 Å². The highest BCUT2D eigenvalue weighted by atomic mass is 127. The van der Waals surface area contributed by atoms with Crippen molar-refractivity contribution < 1.29 is 0 Å². The molecule has 0 spiro atoms. The molecular formula is C7H9IN2. The van der Waals surface area contributed by atoms with E-state index in [1.165, 1.54) is 19.3 Å². The maximum Gasteiger partial charge on any atom is 0.171 e. The number of nitrogens with zero attached hydrogens (tertiary/aromatic N) is 2. The van der Waals surface area contributed by atoms with Crippen molar-refractivity contribution in [2.75, 3.05) is 0 Å². The van der Waals surface area contributed by atoms with E-state index in [-0.39, 0.29) is 0 Å². The lowest BCUT2D eigenvalue weighted by Gasteiger charge is -2.27. The molecule has 0 unspecified atom stereocenters. The summed E-state index contributed by atoms with van der Waals surface area (Å²) in [6.07, 6.45) is 8.02. The largest absolute Gasteiger partial charge is 0.323 e. The number of hydrogen-bond donors (Lipinski definition) is 0. The van der Waals surface area contributed by atoms with Crippen LogP contribution >= 0.6 is 22.6 Å². The van der Waals surface area contributed by atoms with Gasteiger partial charge in [-0.15, -0.1) is 0 Å². The molecule has 1 fully saturated rings. The van der Waals surface area contributed by atoms with E-state index in [9.17, 15) is 0 Å². The fraction of sp³-hybridized carbons (Fsp3) is 0.571. The normalized spacial score (nSPS) is 18.9. The second-order valence-electron chi connectivity index (χ2n) is 2.69. The quantitative estimate of drug-likeness (QED) is 0.696. The van der Waals surface area contributed by atoms with E-state index in [1.807, 2.05) is 6.20 Å². The van der Waals surface area contributed by atoms with Crippen molar-refractivity contribution in [3.63, 3.8) is 0 Å². The molecule has 0 bridgehead atoms. The minimum Gasteiger partial charge on any atom is -0.323 e. The Balaban J connectivity index is 2.23. The monoisotopic (exact) mass is 248 g/mol. The molecule has 1 aliphatic carbocycles. The molecule has 2 rings (SSSR count). The van der Waals surface area contributed by atoms with E-state index in [2.05, 4.69) is 38.3 Å². The summed E-state index contributed by atoms with van der Waals surface area (Å²) >= 11 is 2.28. The van der Waals surface area contributed by atoms with E-state index in [1.54, 1.807) is 0 Å². The van der Waals surface area contributed by atoms with E-state index >= 15 is 0 Å². The number of hydrogen-bond acceptors (Lipinski definition) is 1. The first-order chi connectivity index (χ1) is 4.88. The molecule has 1 aliphatic rings. The predicted molar refractivity (Wildman–Crippen MR) is 47.8 cm³/mol. The molecular weight excluding hydrogens is 239 g/mol. The van der Waals surface area contributed by atoms with Crippen molar-refractivity contribution >= 4 is 22.6 Å². The Bertz CT molecular complexity index is 227. The van der Waals surface area contributed by atoms with Gasteiger partial charge in [0, 0.05) is 18.4 Å². The van der Waals surface area contributed by atoms with Crippen LogP contribution in [0.15, 0.2) is 12.4 Å². The van der Waals surface area contributed by atoms with Gasteiger partial charge in [-0.3, -0.25) is 0 Å². The van der Waals surface area contributed by atoms with Gasteiger partial charge in [-0.2, -0.15) is 0 Å². The Kier molecular flexibility index (Phi) is 1.68. The zero-order chi connectivity index (χ0) is 6.97. The zero-order valence-corrected chi connectivity index (χ0v) is 7.78. The van der Waals surface area contributed by atoms with Crippen molar-refractivity contribution in [2.45, 2.75) is 25.3 Å². The first-order valence-corrected chi connectivity index (χ1v) is 4.64. The summed E-state index contributed by atoms with van der Waals surface area (Å²) in [5.41, 5.74) is 0. The Morgan fingerprint density at radius 3 is 2.80 bits per heavy atom. The van der Waals surface area contributed by atoms with Gasteiger partial charge in [0.25, 0.3) is 0 Å². The van der Waals surface area contributed by atoms with Crippen LogP contribution in [0.2, 0.25) is 0 Å². The Morgan fingerprint density at radius 1 is 1.60 bits per heavy atom. The summed E-state index contributed by atoms with van der Waals surface area (Å²) in [5.74, 6) is 0. The summed E-state index contributed by atoms with van der Waals surface area (Å²) in [6.45, 7) is 0. The average Bonchev–Trinajstić information content (AvgIpc) is 2.12. The molecule has 1 saturated carbocycles. The molecule has 1 aromatic rings. The summed E-state index contributed by atoms with van der Waals surface area (Å²) in [5, 5.41) is 0. The SMILES string of the molecule is Ic1nccn1C1CCC1. The Labute approximate surface area is 73.8 Å². The van der Waals surface area contributed by atoms with Gasteiger partial charge in [0.05, 0.1) is 0 Å². The maximum atomic E-state index is 4.17. The first kappa shape index (κ1) is 6.64. The summed E-state index contributed by atoms with van der Waals surface area (Å²) in [7, 11) is 0. The van der Waals surface area contributed by atoms with Crippen molar-refractivity contribution in [1.29, 1.82) is 0 Å². The highest BCUT2D eigenvalue weighted by Gasteiger charge is 2.20. The number of halogens is 1. The Hall–Kier alpha value is -0.0600. The average molecular weight is 248 g/mol. The van der Waals surface area contributed by atoms with Crippen molar-refractivity contribution in [3.05, 3.63) is 16.2 Å². The highest BCUT2D eigenvalue weighted by Crippen LogP contribution is 2.32. The second kappa shape index (κ2) is 2.53. The molecule has 0 aliphatic heterocycles. The van der Waals surface area contributed by atoms with E-state index in [0.29, 0.717) is 0 Å². The lowest BCUT2D eigenvalue weighted by molar-refractivity contribution is 0.308. The van der Waals surface area contributed by atoms with Crippen molar-refractivity contribution in [1.82, 2.24) is 9.55 Å². The van der Waals surface area contributed by atoms with Gasteiger partial charge in [0.2, 0.25) is 0 Å². The first-order valence-electron chi connectivity index (χ1n) is 3.56. The third-order valence-electron chi connectivity index (χ3n) is 2.09. The van der Waals surface area contributed by atoms with Gasteiger partial charge in [-0.1, -0.05) is 0 Å². The van der Waals surface area contributed by atoms with Gasteiger partial charge in [0.1, 0.15) is 0 Å². The zero-order valence-electron chi connectivity index (χ0n) is 5.63. The lowest BCUT2D eigenvalue weighted by Crippen LogP contribution is -2.17. The third kappa shape index (κ3) is 0.962. The molecule has 3 heteroatoms. The molecule has 10 heavy (non-hydrogen) atoms. The van der Waals surface area contributed by atoms with Crippen molar-refractivity contribution in [2.24, 2.45) is 0 Å². The molecule has 0 saturated heterocycles. The van der Waals surface area contributed by atoms with Crippen LogP contribution in [0.5, 0.6) is 0 Å². The molecule has 0 amide bonds. The molecule has 0 radical (unpaired) electrons. The van der Waals surface area contributed by atoms with Gasteiger partial charge in [-0.25, -0.2) is 4.98 Å². The summed E-state index contributed by atoms with van der Waals surface area (Å²) in [4.78, 5) is 4.17. The van der Waals surface area contributed by atoms with Gasteiger partial charge in [-0.05, 0) is 41.9 Å². The van der Waals surface area contributed by atoms with Crippen molar-refractivity contribution in [3.8, 4) is 0 Å². The number of imidazole rings is 1. The highest BCUT2D eigenvalue weighted by molar-refractivity contribution is 14.1. The third-order valence-corrected chi connectivity index (χ3v) is 2.93. The molecule has 0 aromatic carbocycles. The lowest BCUT2D eigenvalue weighted by atomic mass is 9.93. The van der Waals surface area contributed by atoms with Crippen LogP contribution in [0, 0.1) is 3.83 Å². The summed E-state index contributed by atoms with van der Waals surface area (Å²) in [6, 6.07) is 0.759. The fourth-order valence-electron chi connectivity index (χ4n) is 1.23. The Morgan fingerprint density at radius 2 is 2.40 bits per heavy atom.